The van der Waals surface area contributed by atoms with Crippen LogP contribution in [0.5, 0.6) is 0 Å². The topological polar surface area (TPSA) is 53.4 Å². The summed E-state index contributed by atoms with van der Waals surface area (Å²) in [6, 6.07) is 0. The van der Waals surface area contributed by atoms with Crippen LogP contribution in [0.25, 0.3) is 0 Å². The molecule has 14 heavy (non-hydrogen) atoms. The third kappa shape index (κ3) is 1.78. The van der Waals surface area contributed by atoms with Gasteiger partial charge >= 0.3 is 0 Å². The summed E-state index contributed by atoms with van der Waals surface area (Å²) < 4.78 is 0. The minimum atomic E-state index is -0.362. The molecule has 1 amide bonds. The Hall–Kier alpha value is -0.940. The van der Waals surface area contributed by atoms with Crippen LogP contribution in [0.3, 0.4) is 0 Å². The number of β-amino-alcohol motifs (C(OH)–C–C–N with tert-alkyl or cyclic N) is 1. The summed E-state index contributed by atoms with van der Waals surface area (Å²) in [7, 11) is 0. The number of amides is 1. The number of nitrogens with zero attached hydrogens (tertiary/aromatic N) is 2. The van der Waals surface area contributed by atoms with E-state index >= 15 is 0 Å². The van der Waals surface area contributed by atoms with Gasteiger partial charge in [0.2, 0.25) is 0 Å². The van der Waals surface area contributed by atoms with Gasteiger partial charge in [-0.05, 0) is 13.3 Å². The number of aromatic nitrogens is 1. The minimum Gasteiger partial charge on any atom is -0.391 e. The van der Waals surface area contributed by atoms with E-state index in [1.54, 1.807) is 10.3 Å². The lowest BCUT2D eigenvalue weighted by atomic mass is 10.3. The van der Waals surface area contributed by atoms with Crippen molar-refractivity contribution in [3.8, 4) is 0 Å². The average molecular weight is 212 g/mol. The smallest absolute Gasteiger partial charge is 0.273 e. The van der Waals surface area contributed by atoms with Gasteiger partial charge in [0, 0.05) is 18.5 Å². The molecule has 0 radical (unpaired) electrons. The highest BCUT2D eigenvalue weighted by Crippen LogP contribution is 2.15. The number of hydrogen-bond donors (Lipinski definition) is 1. The Morgan fingerprint density at radius 2 is 2.57 bits per heavy atom. The summed E-state index contributed by atoms with van der Waals surface area (Å²) in [5.74, 6) is -0.0640. The molecule has 76 valence electrons. The van der Waals surface area contributed by atoms with E-state index in [2.05, 4.69) is 4.98 Å². The maximum Gasteiger partial charge on any atom is 0.273 e. The van der Waals surface area contributed by atoms with Gasteiger partial charge in [0.25, 0.3) is 5.91 Å². The summed E-state index contributed by atoms with van der Waals surface area (Å²) in [5, 5.41) is 12.0. The predicted molar refractivity (Wildman–Crippen MR) is 53.4 cm³/mol. The van der Waals surface area contributed by atoms with Crippen molar-refractivity contribution < 1.29 is 9.90 Å². The van der Waals surface area contributed by atoms with Gasteiger partial charge in [0.15, 0.2) is 0 Å². The van der Waals surface area contributed by atoms with Crippen LogP contribution in [0.4, 0.5) is 0 Å². The molecule has 2 heterocycles. The first-order chi connectivity index (χ1) is 6.66. The van der Waals surface area contributed by atoms with Crippen LogP contribution in [-0.2, 0) is 0 Å². The number of carbonyl (C=O) groups is 1. The highest BCUT2D eigenvalue weighted by molar-refractivity contribution is 7.09. The molecule has 1 fully saturated rings. The maximum atomic E-state index is 11.8. The molecule has 1 aliphatic rings. The summed E-state index contributed by atoms with van der Waals surface area (Å²) in [5.41, 5.74) is 0.501. The van der Waals surface area contributed by atoms with Crippen molar-refractivity contribution in [2.45, 2.75) is 19.4 Å². The number of rotatable bonds is 1. The molecule has 1 aromatic rings. The molecule has 1 aromatic heterocycles. The number of thiazole rings is 1. The van der Waals surface area contributed by atoms with Gasteiger partial charge in [-0.25, -0.2) is 4.98 Å². The number of aliphatic hydroxyl groups is 1. The van der Waals surface area contributed by atoms with Crippen molar-refractivity contribution in [2.75, 3.05) is 13.1 Å². The molecule has 1 saturated heterocycles. The monoisotopic (exact) mass is 212 g/mol. The molecule has 0 saturated carbocycles. The zero-order valence-electron chi connectivity index (χ0n) is 7.93. The lowest BCUT2D eigenvalue weighted by Crippen LogP contribution is -2.29. The predicted octanol–water partition coefficient (Wildman–Crippen LogP) is 0.658. The summed E-state index contributed by atoms with van der Waals surface area (Å²) in [6.07, 6.45) is 0.313. The Labute approximate surface area is 86.2 Å². The molecule has 0 aliphatic carbocycles. The fourth-order valence-electron chi connectivity index (χ4n) is 1.55. The van der Waals surface area contributed by atoms with Gasteiger partial charge in [-0.15, -0.1) is 11.3 Å². The molecule has 1 atom stereocenters. The fraction of sp³-hybridized carbons (Fsp3) is 0.556. The summed E-state index contributed by atoms with van der Waals surface area (Å²) in [6.45, 7) is 2.95. The molecule has 0 bridgehead atoms. The Balaban J connectivity index is 2.09. The van der Waals surface area contributed by atoms with Gasteiger partial charge in [0.1, 0.15) is 5.69 Å². The van der Waals surface area contributed by atoms with Crippen molar-refractivity contribution in [1.82, 2.24) is 9.88 Å². The van der Waals surface area contributed by atoms with Gasteiger partial charge in [-0.3, -0.25) is 4.79 Å². The van der Waals surface area contributed by atoms with E-state index < -0.39 is 0 Å². The van der Waals surface area contributed by atoms with Crippen molar-refractivity contribution in [2.24, 2.45) is 0 Å². The Morgan fingerprint density at radius 1 is 1.79 bits per heavy atom. The molecule has 0 spiro atoms. The first-order valence-electron chi connectivity index (χ1n) is 4.56. The van der Waals surface area contributed by atoms with E-state index in [9.17, 15) is 9.90 Å². The van der Waals surface area contributed by atoms with Gasteiger partial charge in [-0.2, -0.15) is 0 Å². The van der Waals surface area contributed by atoms with Crippen LogP contribution >= 0.6 is 11.3 Å². The highest BCUT2D eigenvalue weighted by atomic mass is 32.1. The molecule has 1 aliphatic heterocycles. The molecule has 0 unspecified atom stereocenters. The minimum absolute atomic E-state index is 0.0640. The van der Waals surface area contributed by atoms with Crippen molar-refractivity contribution in [1.29, 1.82) is 0 Å². The quantitative estimate of drug-likeness (QED) is 0.744. The summed E-state index contributed by atoms with van der Waals surface area (Å²) >= 11 is 1.47. The second-order valence-electron chi connectivity index (χ2n) is 3.45. The van der Waals surface area contributed by atoms with Crippen molar-refractivity contribution in [3.05, 3.63) is 16.1 Å². The zero-order chi connectivity index (χ0) is 10.1. The number of aryl methyl sites for hydroxylation is 1. The van der Waals surface area contributed by atoms with Gasteiger partial charge in [-0.1, -0.05) is 0 Å². The van der Waals surface area contributed by atoms with Crippen molar-refractivity contribution in [3.63, 3.8) is 0 Å². The van der Waals surface area contributed by atoms with E-state index in [0.717, 1.165) is 5.01 Å². The van der Waals surface area contributed by atoms with Crippen LogP contribution in [0.1, 0.15) is 21.9 Å². The molecule has 4 nitrogen and oxygen atoms in total. The van der Waals surface area contributed by atoms with E-state index in [-0.39, 0.29) is 12.0 Å². The SMILES string of the molecule is Cc1nc(C(=O)N2CC[C@H](O)C2)cs1. The molecule has 2 rings (SSSR count). The van der Waals surface area contributed by atoms with Crippen molar-refractivity contribution >= 4 is 17.2 Å². The summed E-state index contributed by atoms with van der Waals surface area (Å²) in [4.78, 5) is 17.5. The standard InChI is InChI=1S/C9H12N2O2S/c1-6-10-8(5-14-6)9(13)11-3-2-7(12)4-11/h5,7,12H,2-4H2,1H3/t7-/m0/s1. The van der Waals surface area contributed by atoms with Crippen LogP contribution in [0.15, 0.2) is 5.38 Å². The highest BCUT2D eigenvalue weighted by Gasteiger charge is 2.26. The Kier molecular flexibility index (Phi) is 2.52. The molecular formula is C9H12N2O2S. The second-order valence-corrected chi connectivity index (χ2v) is 4.51. The maximum absolute atomic E-state index is 11.8. The third-order valence-corrected chi connectivity index (χ3v) is 3.06. The first-order valence-corrected chi connectivity index (χ1v) is 5.44. The van der Waals surface area contributed by atoms with E-state index in [0.29, 0.717) is 25.2 Å². The van der Waals surface area contributed by atoms with Gasteiger partial charge < -0.3 is 10.0 Å². The third-order valence-electron chi connectivity index (χ3n) is 2.29. The van der Waals surface area contributed by atoms with Crippen LogP contribution in [0, 0.1) is 6.92 Å². The van der Waals surface area contributed by atoms with Crippen LogP contribution in [0.2, 0.25) is 0 Å². The fourth-order valence-corrected chi connectivity index (χ4v) is 2.14. The van der Waals surface area contributed by atoms with Crippen LogP contribution < -0.4 is 0 Å². The molecule has 0 aromatic carbocycles. The van der Waals surface area contributed by atoms with Gasteiger partial charge in [0.05, 0.1) is 11.1 Å². The molecule has 5 heteroatoms. The Morgan fingerprint density at radius 3 is 3.07 bits per heavy atom. The lowest BCUT2D eigenvalue weighted by Gasteiger charge is -2.13. The largest absolute Gasteiger partial charge is 0.391 e. The average Bonchev–Trinajstić information content (AvgIpc) is 2.73. The number of aliphatic hydroxyl groups excluding tert-OH is 1. The first kappa shape index (κ1) is 9.61. The lowest BCUT2D eigenvalue weighted by molar-refractivity contribution is 0.0760. The normalized spacial score (nSPS) is 21.6. The number of hydrogen-bond acceptors (Lipinski definition) is 4. The van der Waals surface area contributed by atoms with E-state index in [4.69, 9.17) is 0 Å². The van der Waals surface area contributed by atoms with Crippen LogP contribution in [-0.4, -0.2) is 40.1 Å². The zero-order valence-corrected chi connectivity index (χ0v) is 8.75. The van der Waals surface area contributed by atoms with E-state index in [1.165, 1.54) is 11.3 Å². The number of likely N-dealkylation sites (tertiary alicyclic amines) is 1. The second kappa shape index (κ2) is 3.67. The number of carbonyl (C=O) groups excluding carboxylic acids is 1. The molecular weight excluding hydrogens is 200 g/mol. The Bertz CT molecular complexity index is 350. The molecule has 1 N–H and O–H groups in total. The van der Waals surface area contributed by atoms with E-state index in [1.807, 2.05) is 6.92 Å².